The van der Waals surface area contributed by atoms with Gasteiger partial charge in [0.15, 0.2) is 5.96 Å². The van der Waals surface area contributed by atoms with Crippen LogP contribution >= 0.6 is 24.0 Å². The molecule has 1 fully saturated rings. The van der Waals surface area contributed by atoms with Crippen LogP contribution in [-0.2, 0) is 15.6 Å². The van der Waals surface area contributed by atoms with Crippen molar-refractivity contribution in [2.24, 2.45) is 4.99 Å². The molecule has 1 amide bonds. The van der Waals surface area contributed by atoms with Gasteiger partial charge in [0.1, 0.15) is 0 Å². The molecule has 1 unspecified atom stereocenters. The summed E-state index contributed by atoms with van der Waals surface area (Å²) < 4.78 is 11.8. The third-order valence-electron chi connectivity index (χ3n) is 3.63. The molecule has 24 heavy (non-hydrogen) atoms. The SMILES string of the molecule is CCNC(=NCCCN1CCCC1=O)NCCS(=O)C(C)(C)C.I. The fourth-order valence-corrected chi connectivity index (χ4v) is 3.20. The van der Waals surface area contributed by atoms with Gasteiger partial charge in [0.25, 0.3) is 0 Å². The maximum atomic E-state index is 12.0. The first kappa shape index (κ1) is 23.6. The molecule has 0 bridgehead atoms. The predicted molar refractivity (Wildman–Crippen MR) is 113 cm³/mol. The molecule has 8 heteroatoms. The lowest BCUT2D eigenvalue weighted by Gasteiger charge is -2.18. The Hall–Kier alpha value is -0.380. The topological polar surface area (TPSA) is 73.8 Å². The molecule has 1 atom stereocenters. The number of carbonyl (C=O) groups excluding carboxylic acids is 1. The fraction of sp³-hybridized carbons (Fsp3) is 0.875. The summed E-state index contributed by atoms with van der Waals surface area (Å²) in [6.07, 6.45) is 2.55. The molecule has 0 saturated carbocycles. The summed E-state index contributed by atoms with van der Waals surface area (Å²) in [6, 6.07) is 0. The number of aliphatic imine (C=N–C) groups is 1. The zero-order chi connectivity index (χ0) is 17.3. The molecule has 0 radical (unpaired) electrons. The lowest BCUT2D eigenvalue weighted by Crippen LogP contribution is -2.40. The van der Waals surface area contributed by atoms with Gasteiger partial charge in [0, 0.05) is 60.4 Å². The monoisotopic (exact) mass is 472 g/mol. The summed E-state index contributed by atoms with van der Waals surface area (Å²) in [5.41, 5.74) is 0. The zero-order valence-corrected chi connectivity index (χ0v) is 18.5. The number of hydrogen-bond donors (Lipinski definition) is 2. The van der Waals surface area contributed by atoms with Gasteiger partial charge in [-0.1, -0.05) is 0 Å². The van der Waals surface area contributed by atoms with E-state index in [1.807, 2.05) is 32.6 Å². The van der Waals surface area contributed by atoms with Crippen LogP contribution in [0.1, 0.15) is 47.0 Å². The van der Waals surface area contributed by atoms with Crippen molar-refractivity contribution in [2.75, 3.05) is 38.5 Å². The van der Waals surface area contributed by atoms with Gasteiger partial charge >= 0.3 is 0 Å². The number of nitrogens with one attached hydrogen (secondary N) is 2. The van der Waals surface area contributed by atoms with Crippen LogP contribution in [0.5, 0.6) is 0 Å². The Bertz CT molecular complexity index is 438. The lowest BCUT2D eigenvalue weighted by atomic mass is 10.3. The molecular formula is C16H33IN4O2S. The van der Waals surface area contributed by atoms with Gasteiger partial charge in [-0.25, -0.2) is 0 Å². The number of carbonyl (C=O) groups is 1. The summed E-state index contributed by atoms with van der Waals surface area (Å²) in [5.74, 6) is 1.63. The Balaban J connectivity index is 0.00000529. The largest absolute Gasteiger partial charge is 0.357 e. The Morgan fingerprint density at radius 3 is 2.58 bits per heavy atom. The predicted octanol–water partition coefficient (Wildman–Crippen LogP) is 1.72. The van der Waals surface area contributed by atoms with Crippen LogP contribution in [0.4, 0.5) is 0 Å². The number of amides is 1. The normalized spacial score (nSPS) is 16.8. The summed E-state index contributed by atoms with van der Waals surface area (Å²) in [5, 5.41) is 6.42. The average molecular weight is 472 g/mol. The van der Waals surface area contributed by atoms with Crippen molar-refractivity contribution in [2.45, 2.75) is 51.7 Å². The van der Waals surface area contributed by atoms with E-state index in [1.54, 1.807) is 0 Å². The molecule has 142 valence electrons. The van der Waals surface area contributed by atoms with E-state index in [-0.39, 0.29) is 34.6 Å². The standard InChI is InChI=1S/C16H32N4O2S.HI/c1-5-17-15(19-10-13-23(22)16(2,3)4)18-9-7-12-20-11-6-8-14(20)21;/h5-13H2,1-4H3,(H2,17,18,19);1H. The van der Waals surface area contributed by atoms with E-state index in [9.17, 15) is 9.00 Å². The van der Waals surface area contributed by atoms with Gasteiger partial charge in [-0.15, -0.1) is 24.0 Å². The van der Waals surface area contributed by atoms with Crippen molar-refractivity contribution in [1.82, 2.24) is 15.5 Å². The molecule has 0 aromatic carbocycles. The quantitative estimate of drug-likeness (QED) is 0.244. The van der Waals surface area contributed by atoms with E-state index in [0.717, 1.165) is 38.4 Å². The van der Waals surface area contributed by atoms with Crippen molar-refractivity contribution in [1.29, 1.82) is 0 Å². The molecule has 6 nitrogen and oxygen atoms in total. The van der Waals surface area contributed by atoms with Crippen molar-refractivity contribution in [3.05, 3.63) is 0 Å². The summed E-state index contributed by atoms with van der Waals surface area (Å²) >= 11 is 0. The van der Waals surface area contributed by atoms with Crippen molar-refractivity contribution in [3.63, 3.8) is 0 Å². The zero-order valence-electron chi connectivity index (χ0n) is 15.4. The molecule has 2 N–H and O–H groups in total. The molecule has 1 saturated heterocycles. The third kappa shape index (κ3) is 9.19. The van der Waals surface area contributed by atoms with Crippen molar-refractivity contribution in [3.8, 4) is 0 Å². The van der Waals surface area contributed by atoms with Crippen molar-refractivity contribution >= 4 is 46.6 Å². The van der Waals surface area contributed by atoms with Crippen molar-refractivity contribution < 1.29 is 9.00 Å². The number of guanidine groups is 1. The summed E-state index contributed by atoms with van der Waals surface area (Å²) in [4.78, 5) is 18.0. The van der Waals surface area contributed by atoms with E-state index in [1.165, 1.54) is 0 Å². The molecule has 0 aliphatic carbocycles. The van der Waals surface area contributed by atoms with Gasteiger partial charge in [0.2, 0.25) is 5.91 Å². The number of rotatable bonds is 8. The highest BCUT2D eigenvalue weighted by Crippen LogP contribution is 2.10. The van der Waals surface area contributed by atoms with Crippen LogP contribution in [0.2, 0.25) is 0 Å². The van der Waals surface area contributed by atoms with Crippen LogP contribution in [0.3, 0.4) is 0 Å². The molecule has 1 aliphatic rings. The summed E-state index contributed by atoms with van der Waals surface area (Å²) in [7, 11) is -0.860. The number of likely N-dealkylation sites (tertiary alicyclic amines) is 1. The molecular weight excluding hydrogens is 439 g/mol. The first-order valence-corrected chi connectivity index (χ1v) is 9.85. The first-order chi connectivity index (χ1) is 10.8. The molecule has 1 rings (SSSR count). The van der Waals surface area contributed by atoms with Gasteiger partial charge in [-0.05, 0) is 40.5 Å². The van der Waals surface area contributed by atoms with E-state index < -0.39 is 10.8 Å². The van der Waals surface area contributed by atoms with E-state index in [4.69, 9.17) is 0 Å². The minimum Gasteiger partial charge on any atom is -0.357 e. The maximum absolute atomic E-state index is 12.0. The van der Waals surface area contributed by atoms with Gasteiger partial charge in [-0.3, -0.25) is 14.0 Å². The number of hydrogen-bond acceptors (Lipinski definition) is 3. The molecule has 1 heterocycles. The van der Waals surface area contributed by atoms with Gasteiger partial charge in [0.05, 0.1) is 0 Å². The summed E-state index contributed by atoms with van der Waals surface area (Å²) in [6.45, 7) is 11.8. The molecule has 0 spiro atoms. The second-order valence-electron chi connectivity index (χ2n) is 6.69. The number of nitrogens with zero attached hydrogens (tertiary/aromatic N) is 2. The van der Waals surface area contributed by atoms with E-state index in [2.05, 4.69) is 15.6 Å². The van der Waals surface area contributed by atoms with Crippen LogP contribution in [0.25, 0.3) is 0 Å². The Morgan fingerprint density at radius 1 is 1.33 bits per heavy atom. The van der Waals surface area contributed by atoms with Crippen LogP contribution in [-0.4, -0.2) is 64.2 Å². The van der Waals surface area contributed by atoms with E-state index >= 15 is 0 Å². The average Bonchev–Trinajstić information content (AvgIpc) is 2.87. The van der Waals surface area contributed by atoms with Gasteiger partial charge < -0.3 is 15.5 Å². The second kappa shape index (κ2) is 12.1. The highest BCUT2D eigenvalue weighted by atomic mass is 127. The van der Waals surface area contributed by atoms with E-state index in [0.29, 0.717) is 25.3 Å². The maximum Gasteiger partial charge on any atom is 0.222 e. The molecule has 0 aromatic rings. The molecule has 0 aromatic heterocycles. The molecule has 1 aliphatic heterocycles. The minimum absolute atomic E-state index is 0. The Labute approximate surface area is 166 Å². The lowest BCUT2D eigenvalue weighted by molar-refractivity contribution is -0.127. The highest BCUT2D eigenvalue weighted by Gasteiger charge is 2.19. The minimum atomic E-state index is -0.860. The third-order valence-corrected chi connectivity index (χ3v) is 5.58. The van der Waals surface area contributed by atoms with Gasteiger partial charge in [-0.2, -0.15) is 0 Å². The smallest absolute Gasteiger partial charge is 0.222 e. The highest BCUT2D eigenvalue weighted by molar-refractivity contribution is 14.0. The Morgan fingerprint density at radius 2 is 2.04 bits per heavy atom. The van der Waals surface area contributed by atoms with Crippen LogP contribution < -0.4 is 10.6 Å². The van der Waals surface area contributed by atoms with Crippen LogP contribution in [0, 0.1) is 0 Å². The number of halogens is 1. The second-order valence-corrected chi connectivity index (χ2v) is 9.01. The fourth-order valence-electron chi connectivity index (χ4n) is 2.30. The first-order valence-electron chi connectivity index (χ1n) is 8.53. The van der Waals surface area contributed by atoms with Crippen LogP contribution in [0.15, 0.2) is 4.99 Å². The Kier molecular flexibility index (Phi) is 11.9.